The van der Waals surface area contributed by atoms with E-state index in [1.807, 2.05) is 0 Å². The van der Waals surface area contributed by atoms with Crippen molar-refractivity contribution >= 4 is 0 Å². The van der Waals surface area contributed by atoms with E-state index in [-0.39, 0.29) is 194 Å². The maximum Gasteiger partial charge on any atom is 1.00 e. The first-order valence-electron chi connectivity index (χ1n) is 0. The van der Waals surface area contributed by atoms with Crippen LogP contribution < -0.4 is 183 Å². The molecule has 0 aromatic heterocycles. The summed E-state index contributed by atoms with van der Waals surface area (Å²) in [4.78, 5) is 0. The molecule has 0 spiro atoms. The van der Waals surface area contributed by atoms with Crippen LogP contribution in [0.4, 0.5) is 0 Å². The molecule has 0 saturated heterocycles. The summed E-state index contributed by atoms with van der Waals surface area (Å²) in [6.07, 6.45) is 0. The molecule has 0 bridgehead atoms. The molecule has 0 N–H and O–H groups in total. The molecule has 12 heavy (non-hydrogen) atoms. The van der Waals surface area contributed by atoms with Crippen LogP contribution in [0.1, 0.15) is 0 Å². The fourth-order valence-corrected chi connectivity index (χ4v) is 0. The minimum absolute atomic E-state index is 0. The second-order valence-electron chi connectivity index (χ2n) is 0. The standard InChI is InChI=1S/3BrH.7Li.2O/h3*1H;;;;;;;;;/q;;;7*+1;2*-2/p-3. The van der Waals surface area contributed by atoms with E-state index >= 15 is 0 Å². The zero-order valence-electron chi connectivity index (χ0n) is 8.95. The van der Waals surface area contributed by atoms with Crippen molar-refractivity contribution in [3.8, 4) is 0 Å². The minimum Gasteiger partial charge on any atom is -2.00 e. The predicted octanol–water partition coefficient (Wildman–Crippen LogP) is -30.2. The molecule has 40 valence electrons. The van der Waals surface area contributed by atoms with Crippen LogP contribution in [0.15, 0.2) is 0 Å². The van der Waals surface area contributed by atoms with Gasteiger partial charge >= 0.3 is 132 Å². The molecule has 2 nitrogen and oxygen atoms in total. The van der Waals surface area contributed by atoms with Gasteiger partial charge in [-0.2, -0.15) is 0 Å². The third-order valence-electron chi connectivity index (χ3n) is 0. The normalized spacial score (nSPS) is 0. The summed E-state index contributed by atoms with van der Waals surface area (Å²) in [5.41, 5.74) is 0. The Bertz CT molecular complexity index is 16.6. The van der Waals surface area contributed by atoms with Gasteiger partial charge in [0.2, 0.25) is 0 Å². The van der Waals surface area contributed by atoms with Gasteiger partial charge in [0, 0.05) is 0 Å². The van der Waals surface area contributed by atoms with Crippen molar-refractivity contribution < 1.29 is 194 Å². The Morgan fingerprint density at radius 3 is 0.250 bits per heavy atom. The topological polar surface area (TPSA) is 57.0 Å². The number of hydrogen-bond donors (Lipinski definition) is 0. The first-order chi connectivity index (χ1) is 0. The molecule has 0 unspecified atom stereocenters. The summed E-state index contributed by atoms with van der Waals surface area (Å²) in [7, 11) is 0. The van der Waals surface area contributed by atoms with Gasteiger partial charge in [0.05, 0.1) is 0 Å². The minimum atomic E-state index is 0. The number of halogens is 3. The first kappa shape index (κ1) is 156. The summed E-state index contributed by atoms with van der Waals surface area (Å²) in [6.45, 7) is 0. The van der Waals surface area contributed by atoms with Crippen LogP contribution in [0, 0.1) is 0 Å². The Labute approximate surface area is 190 Å². The van der Waals surface area contributed by atoms with Crippen LogP contribution in [0.5, 0.6) is 0 Å². The Hall–Kier alpha value is 5.54. The van der Waals surface area contributed by atoms with Gasteiger partial charge in [-0.05, 0) is 0 Å². The van der Waals surface area contributed by atoms with Crippen molar-refractivity contribution in [1.29, 1.82) is 0 Å². The van der Waals surface area contributed by atoms with Crippen molar-refractivity contribution in [2.45, 2.75) is 0 Å². The molecule has 12 heteroatoms. The van der Waals surface area contributed by atoms with Crippen LogP contribution in [0.25, 0.3) is 0 Å². The van der Waals surface area contributed by atoms with E-state index in [0.29, 0.717) is 0 Å². The molecule has 0 aliphatic carbocycles. The van der Waals surface area contributed by atoms with E-state index in [9.17, 15) is 0 Å². The van der Waals surface area contributed by atoms with E-state index < -0.39 is 0 Å². The average Bonchev–Trinajstić information content (AvgIpc) is 0. The van der Waals surface area contributed by atoms with Crippen LogP contribution in [0.3, 0.4) is 0 Å². The molecule has 0 saturated carbocycles. The van der Waals surface area contributed by atoms with Crippen molar-refractivity contribution in [2.24, 2.45) is 0 Å². The van der Waals surface area contributed by atoms with E-state index in [2.05, 4.69) is 0 Å². The quantitative estimate of drug-likeness (QED) is 0.398. The molecular formula is Br3Li7O2. The van der Waals surface area contributed by atoms with Crippen molar-refractivity contribution in [3.63, 3.8) is 0 Å². The summed E-state index contributed by atoms with van der Waals surface area (Å²) >= 11 is 0. The second kappa shape index (κ2) is 130. The van der Waals surface area contributed by atoms with E-state index in [1.165, 1.54) is 0 Å². The van der Waals surface area contributed by atoms with Gasteiger partial charge in [-0.15, -0.1) is 0 Å². The Kier molecular flexibility index (Phi) is 1690. The van der Waals surface area contributed by atoms with Crippen molar-refractivity contribution in [2.75, 3.05) is 0 Å². The van der Waals surface area contributed by atoms with Gasteiger partial charge in [0.15, 0.2) is 0 Å². The predicted molar refractivity (Wildman–Crippen MR) is 1.37 cm³/mol. The van der Waals surface area contributed by atoms with Crippen LogP contribution in [-0.4, -0.2) is 0 Å². The zero-order chi connectivity index (χ0) is 0. The third-order valence-corrected chi connectivity index (χ3v) is 0. The SMILES string of the molecule is [Br-].[Br-].[Br-].[Li+].[Li+].[Li+].[Li+].[Li+].[Li+].[Li+].[O-2].[O-2]. The monoisotopic (exact) mass is 318 g/mol. The molecule has 0 rings (SSSR count). The Morgan fingerprint density at radius 1 is 0.250 bits per heavy atom. The average molecular weight is 320 g/mol. The summed E-state index contributed by atoms with van der Waals surface area (Å²) in [6, 6.07) is 0. The summed E-state index contributed by atoms with van der Waals surface area (Å²) in [5.74, 6) is 0. The molecule has 0 aliphatic heterocycles. The fraction of sp³-hybridized carbons (Fsp3) is 0. The van der Waals surface area contributed by atoms with Gasteiger partial charge in [0.1, 0.15) is 0 Å². The van der Waals surface area contributed by atoms with E-state index in [1.54, 1.807) is 0 Å². The maximum atomic E-state index is 0. The third kappa shape index (κ3) is 107. The van der Waals surface area contributed by atoms with E-state index in [4.69, 9.17) is 0 Å². The first-order valence-corrected chi connectivity index (χ1v) is 0. The molecule has 0 radical (unpaired) electrons. The van der Waals surface area contributed by atoms with Gasteiger partial charge < -0.3 is 61.9 Å². The number of hydrogen-bond acceptors (Lipinski definition) is 0. The van der Waals surface area contributed by atoms with Crippen molar-refractivity contribution in [3.05, 3.63) is 0 Å². The molecule has 0 atom stereocenters. The van der Waals surface area contributed by atoms with Gasteiger partial charge in [0.25, 0.3) is 0 Å². The van der Waals surface area contributed by atoms with Gasteiger partial charge in [-0.3, -0.25) is 0 Å². The molecular weight excluding hydrogens is 320 g/mol. The second-order valence-corrected chi connectivity index (χ2v) is 0. The molecule has 0 fully saturated rings. The Balaban J connectivity index is 0. The smallest absolute Gasteiger partial charge is 1.00 e. The molecule has 0 aliphatic rings. The maximum absolute atomic E-state index is 0. The van der Waals surface area contributed by atoms with Crippen LogP contribution >= 0.6 is 0 Å². The molecule has 0 aromatic rings. The Morgan fingerprint density at radius 2 is 0.250 bits per heavy atom. The van der Waals surface area contributed by atoms with Crippen LogP contribution in [0.2, 0.25) is 0 Å². The van der Waals surface area contributed by atoms with E-state index in [0.717, 1.165) is 0 Å². The van der Waals surface area contributed by atoms with Gasteiger partial charge in [-0.25, -0.2) is 0 Å². The molecule has 0 aromatic carbocycles. The molecule has 0 amide bonds. The largest absolute Gasteiger partial charge is 2.00 e. The van der Waals surface area contributed by atoms with Crippen molar-refractivity contribution in [1.82, 2.24) is 0 Å². The van der Waals surface area contributed by atoms with Crippen LogP contribution in [-0.2, 0) is 11.0 Å². The fourth-order valence-electron chi connectivity index (χ4n) is 0. The summed E-state index contributed by atoms with van der Waals surface area (Å²) in [5, 5.41) is 0. The van der Waals surface area contributed by atoms with Gasteiger partial charge in [-0.1, -0.05) is 0 Å². The molecule has 0 heterocycles. The number of rotatable bonds is 0. The zero-order valence-corrected chi connectivity index (χ0v) is 13.7. The summed E-state index contributed by atoms with van der Waals surface area (Å²) < 4.78 is 0.